The van der Waals surface area contributed by atoms with E-state index >= 15 is 0 Å². The second-order valence-electron chi connectivity index (χ2n) is 5.19. The fourth-order valence-corrected chi connectivity index (χ4v) is 2.69. The van der Waals surface area contributed by atoms with Crippen molar-refractivity contribution >= 4 is 28.5 Å². The lowest BCUT2D eigenvalue weighted by molar-refractivity contribution is 0.0939. The molecule has 19 heavy (non-hydrogen) atoms. The molecular formula is C15H23IN2O. The van der Waals surface area contributed by atoms with Gasteiger partial charge in [-0.15, -0.1) is 0 Å². The van der Waals surface area contributed by atoms with Gasteiger partial charge in [-0.3, -0.25) is 9.69 Å². The normalized spacial score (nSPS) is 11.4. The van der Waals surface area contributed by atoms with E-state index < -0.39 is 0 Å². The van der Waals surface area contributed by atoms with E-state index in [9.17, 15) is 4.79 Å². The third kappa shape index (κ3) is 5.48. The number of nitrogens with zero attached hydrogens (tertiary/aromatic N) is 1. The van der Waals surface area contributed by atoms with Crippen LogP contribution in [0.3, 0.4) is 0 Å². The minimum atomic E-state index is 0.00554. The van der Waals surface area contributed by atoms with E-state index in [0.717, 1.165) is 15.7 Å². The molecule has 1 N–H and O–H groups in total. The van der Waals surface area contributed by atoms with Gasteiger partial charge in [0.15, 0.2) is 0 Å². The SMILES string of the molecule is CC(C)N(CCNC(=O)c1cccc(I)c1)C(C)C. The standard InChI is InChI=1S/C15H23IN2O/c1-11(2)18(12(3)4)9-8-17-15(19)13-6-5-7-14(16)10-13/h5-7,10-12H,8-9H2,1-4H3,(H,17,19). The number of benzene rings is 1. The minimum Gasteiger partial charge on any atom is -0.351 e. The Morgan fingerprint density at radius 3 is 2.42 bits per heavy atom. The Morgan fingerprint density at radius 1 is 1.26 bits per heavy atom. The molecule has 0 radical (unpaired) electrons. The average molecular weight is 374 g/mol. The molecule has 1 rings (SSSR count). The molecule has 0 bridgehead atoms. The Hall–Kier alpha value is -0.620. The molecule has 106 valence electrons. The van der Waals surface area contributed by atoms with E-state index in [0.29, 0.717) is 18.6 Å². The van der Waals surface area contributed by atoms with E-state index in [1.807, 2.05) is 24.3 Å². The highest BCUT2D eigenvalue weighted by molar-refractivity contribution is 14.1. The van der Waals surface area contributed by atoms with Gasteiger partial charge in [0.05, 0.1) is 0 Å². The Kier molecular flexibility index (Phi) is 6.79. The fraction of sp³-hybridized carbons (Fsp3) is 0.533. The van der Waals surface area contributed by atoms with E-state index in [1.54, 1.807) is 0 Å². The van der Waals surface area contributed by atoms with Crippen LogP contribution in [0.4, 0.5) is 0 Å². The number of hydrogen-bond acceptors (Lipinski definition) is 2. The van der Waals surface area contributed by atoms with Crippen molar-refractivity contribution in [1.82, 2.24) is 10.2 Å². The molecule has 1 amide bonds. The molecule has 0 saturated carbocycles. The van der Waals surface area contributed by atoms with Crippen LogP contribution in [0.1, 0.15) is 38.1 Å². The number of rotatable bonds is 6. The van der Waals surface area contributed by atoms with Crippen molar-refractivity contribution in [2.24, 2.45) is 0 Å². The summed E-state index contributed by atoms with van der Waals surface area (Å²) in [6.07, 6.45) is 0. The molecule has 0 spiro atoms. The van der Waals surface area contributed by atoms with Crippen molar-refractivity contribution in [3.05, 3.63) is 33.4 Å². The molecule has 0 heterocycles. The summed E-state index contributed by atoms with van der Waals surface area (Å²) in [6.45, 7) is 10.3. The Morgan fingerprint density at radius 2 is 1.89 bits per heavy atom. The smallest absolute Gasteiger partial charge is 0.251 e. The summed E-state index contributed by atoms with van der Waals surface area (Å²) in [6, 6.07) is 8.63. The number of hydrogen-bond donors (Lipinski definition) is 1. The van der Waals surface area contributed by atoms with Gasteiger partial charge in [-0.2, -0.15) is 0 Å². The van der Waals surface area contributed by atoms with Gasteiger partial charge < -0.3 is 5.32 Å². The molecule has 1 aromatic carbocycles. The summed E-state index contributed by atoms with van der Waals surface area (Å²) in [5.74, 6) is 0.00554. The van der Waals surface area contributed by atoms with Gasteiger partial charge in [0.1, 0.15) is 0 Å². The quantitative estimate of drug-likeness (QED) is 0.776. The van der Waals surface area contributed by atoms with Gasteiger partial charge in [0, 0.05) is 34.3 Å². The summed E-state index contributed by atoms with van der Waals surface area (Å²) in [5, 5.41) is 2.98. The summed E-state index contributed by atoms with van der Waals surface area (Å²) < 4.78 is 1.08. The number of amides is 1. The Bertz CT molecular complexity index is 410. The van der Waals surface area contributed by atoms with Crippen molar-refractivity contribution in [2.75, 3.05) is 13.1 Å². The molecule has 1 aromatic rings. The largest absolute Gasteiger partial charge is 0.351 e. The zero-order valence-electron chi connectivity index (χ0n) is 12.1. The van der Waals surface area contributed by atoms with E-state index in [4.69, 9.17) is 0 Å². The van der Waals surface area contributed by atoms with Crippen LogP contribution in [0.15, 0.2) is 24.3 Å². The maximum atomic E-state index is 12.0. The number of nitrogens with one attached hydrogen (secondary N) is 1. The highest BCUT2D eigenvalue weighted by Gasteiger charge is 2.13. The molecular weight excluding hydrogens is 351 g/mol. The zero-order valence-corrected chi connectivity index (χ0v) is 14.3. The van der Waals surface area contributed by atoms with Gasteiger partial charge in [-0.25, -0.2) is 0 Å². The van der Waals surface area contributed by atoms with Crippen molar-refractivity contribution < 1.29 is 4.79 Å². The van der Waals surface area contributed by atoms with Crippen molar-refractivity contribution in [1.29, 1.82) is 0 Å². The molecule has 0 atom stereocenters. The number of halogens is 1. The predicted octanol–water partition coefficient (Wildman–Crippen LogP) is 3.14. The number of carbonyl (C=O) groups excluding carboxylic acids is 1. The van der Waals surface area contributed by atoms with Crippen molar-refractivity contribution in [3.63, 3.8) is 0 Å². The highest BCUT2D eigenvalue weighted by Crippen LogP contribution is 2.08. The maximum Gasteiger partial charge on any atom is 0.251 e. The summed E-state index contributed by atoms with van der Waals surface area (Å²) in [4.78, 5) is 14.4. The fourth-order valence-electron chi connectivity index (χ4n) is 2.14. The Balaban J connectivity index is 2.47. The third-order valence-corrected chi connectivity index (χ3v) is 3.74. The van der Waals surface area contributed by atoms with E-state index in [-0.39, 0.29) is 5.91 Å². The first kappa shape index (κ1) is 16.4. The lowest BCUT2D eigenvalue weighted by atomic mass is 10.2. The second kappa shape index (κ2) is 7.85. The molecule has 4 heteroatoms. The van der Waals surface area contributed by atoms with Crippen LogP contribution in [-0.2, 0) is 0 Å². The van der Waals surface area contributed by atoms with Crippen molar-refractivity contribution in [3.8, 4) is 0 Å². The van der Waals surface area contributed by atoms with Gasteiger partial charge >= 0.3 is 0 Å². The molecule has 0 aliphatic rings. The van der Waals surface area contributed by atoms with Crippen LogP contribution in [0.2, 0.25) is 0 Å². The molecule has 0 aromatic heterocycles. The first-order chi connectivity index (χ1) is 8.91. The predicted molar refractivity (Wildman–Crippen MR) is 88.5 cm³/mol. The Labute approximate surface area is 129 Å². The van der Waals surface area contributed by atoms with Crippen LogP contribution in [-0.4, -0.2) is 36.0 Å². The summed E-state index contributed by atoms with van der Waals surface area (Å²) >= 11 is 2.22. The van der Waals surface area contributed by atoms with Gasteiger partial charge in [-0.05, 0) is 68.5 Å². The third-order valence-electron chi connectivity index (χ3n) is 3.07. The van der Waals surface area contributed by atoms with Gasteiger partial charge in [0.2, 0.25) is 0 Å². The van der Waals surface area contributed by atoms with Crippen LogP contribution >= 0.6 is 22.6 Å². The molecule has 0 aliphatic heterocycles. The summed E-state index contributed by atoms with van der Waals surface area (Å²) in [5.41, 5.74) is 0.729. The van der Waals surface area contributed by atoms with Crippen molar-refractivity contribution in [2.45, 2.75) is 39.8 Å². The van der Waals surface area contributed by atoms with Crippen LogP contribution in [0.5, 0.6) is 0 Å². The van der Waals surface area contributed by atoms with Crippen LogP contribution < -0.4 is 5.32 Å². The lowest BCUT2D eigenvalue weighted by Gasteiger charge is -2.30. The molecule has 3 nitrogen and oxygen atoms in total. The van der Waals surface area contributed by atoms with E-state index in [2.05, 4.69) is 60.5 Å². The topological polar surface area (TPSA) is 32.3 Å². The van der Waals surface area contributed by atoms with Crippen LogP contribution in [0.25, 0.3) is 0 Å². The second-order valence-corrected chi connectivity index (χ2v) is 6.44. The van der Waals surface area contributed by atoms with E-state index in [1.165, 1.54) is 0 Å². The first-order valence-corrected chi connectivity index (χ1v) is 7.79. The molecule has 0 saturated heterocycles. The number of carbonyl (C=O) groups is 1. The average Bonchev–Trinajstić information content (AvgIpc) is 2.33. The maximum absolute atomic E-state index is 12.0. The first-order valence-electron chi connectivity index (χ1n) is 6.71. The minimum absolute atomic E-state index is 0.00554. The van der Waals surface area contributed by atoms with Gasteiger partial charge in [-0.1, -0.05) is 6.07 Å². The molecule has 0 aliphatic carbocycles. The zero-order chi connectivity index (χ0) is 14.4. The highest BCUT2D eigenvalue weighted by atomic mass is 127. The lowest BCUT2D eigenvalue weighted by Crippen LogP contribution is -2.42. The van der Waals surface area contributed by atoms with Crippen LogP contribution in [0, 0.1) is 3.57 Å². The monoisotopic (exact) mass is 374 g/mol. The van der Waals surface area contributed by atoms with Gasteiger partial charge in [0.25, 0.3) is 5.91 Å². The molecule has 0 fully saturated rings. The summed E-state index contributed by atoms with van der Waals surface area (Å²) in [7, 11) is 0. The molecule has 0 unspecified atom stereocenters.